The Balaban J connectivity index is 1.33. The SMILES string of the molecule is O=S(=O)(N(CCO)CCOc1ccccc1)N1CCN(C2=c3cc[nH]c3=NC=CCC2)CC12CC2. The number of fused-ring (bicyclic) bond motifs is 1. The molecule has 3 aliphatic rings. The molecule has 35 heavy (non-hydrogen) atoms. The largest absolute Gasteiger partial charge is 0.492 e. The molecule has 188 valence electrons. The molecular weight excluding hydrogens is 466 g/mol. The van der Waals surface area contributed by atoms with E-state index >= 15 is 0 Å². The van der Waals surface area contributed by atoms with Crippen LogP contribution in [0.4, 0.5) is 0 Å². The number of nitrogens with one attached hydrogen (secondary N) is 1. The van der Waals surface area contributed by atoms with Crippen molar-refractivity contribution in [3.8, 4) is 5.75 Å². The number of aliphatic hydroxyl groups is 1. The van der Waals surface area contributed by atoms with Gasteiger partial charge in [-0.3, -0.25) is 0 Å². The number of allylic oxidation sites excluding steroid dienone is 1. The third kappa shape index (κ3) is 5.02. The highest BCUT2D eigenvalue weighted by molar-refractivity contribution is 7.86. The molecular formula is C25H33N5O4S. The number of para-hydroxylation sites is 1. The molecule has 0 unspecified atom stereocenters. The second-order valence-electron chi connectivity index (χ2n) is 9.25. The molecule has 1 aromatic heterocycles. The van der Waals surface area contributed by atoms with Crippen LogP contribution in [0.1, 0.15) is 25.7 Å². The van der Waals surface area contributed by atoms with Crippen molar-refractivity contribution in [1.82, 2.24) is 18.5 Å². The van der Waals surface area contributed by atoms with E-state index in [0.717, 1.165) is 36.4 Å². The first-order chi connectivity index (χ1) is 17.0. The molecule has 2 aromatic rings. The lowest BCUT2D eigenvalue weighted by Gasteiger charge is -2.44. The summed E-state index contributed by atoms with van der Waals surface area (Å²) >= 11 is 0. The van der Waals surface area contributed by atoms with Crippen molar-refractivity contribution in [3.05, 3.63) is 65.6 Å². The normalized spacial score (nSPS) is 19.8. The summed E-state index contributed by atoms with van der Waals surface area (Å²) < 4.78 is 36.3. The number of rotatable bonds is 9. The van der Waals surface area contributed by atoms with Crippen molar-refractivity contribution < 1.29 is 18.3 Å². The zero-order valence-corrected chi connectivity index (χ0v) is 20.7. The third-order valence-electron chi connectivity index (χ3n) is 7.00. The minimum absolute atomic E-state index is 0.0503. The van der Waals surface area contributed by atoms with Crippen LogP contribution in [-0.2, 0) is 10.2 Å². The van der Waals surface area contributed by atoms with Gasteiger partial charge < -0.3 is 19.7 Å². The van der Waals surface area contributed by atoms with Crippen molar-refractivity contribution in [2.75, 3.05) is 45.9 Å². The van der Waals surface area contributed by atoms with Gasteiger partial charge in [0.25, 0.3) is 10.2 Å². The quantitative estimate of drug-likeness (QED) is 0.532. The number of aliphatic hydroxyl groups excluding tert-OH is 1. The molecule has 0 amide bonds. The minimum atomic E-state index is -3.75. The number of H-pyrrole nitrogens is 1. The molecule has 1 spiro atoms. The maximum absolute atomic E-state index is 13.7. The van der Waals surface area contributed by atoms with Crippen molar-refractivity contribution >= 4 is 15.9 Å². The van der Waals surface area contributed by atoms with Crippen LogP contribution in [-0.4, -0.2) is 83.5 Å². The van der Waals surface area contributed by atoms with Gasteiger partial charge >= 0.3 is 0 Å². The molecule has 2 N–H and O–H groups in total. The highest BCUT2D eigenvalue weighted by Gasteiger charge is 2.57. The number of aromatic amines is 1. The summed E-state index contributed by atoms with van der Waals surface area (Å²) in [5, 5.41) is 10.7. The summed E-state index contributed by atoms with van der Waals surface area (Å²) in [6.07, 6.45) is 9.30. The molecule has 1 saturated heterocycles. The smallest absolute Gasteiger partial charge is 0.282 e. The van der Waals surface area contributed by atoms with Crippen LogP contribution >= 0.6 is 0 Å². The summed E-state index contributed by atoms with van der Waals surface area (Å²) in [4.78, 5) is 10.1. The predicted octanol–water partition coefficient (Wildman–Crippen LogP) is 0.818. The lowest BCUT2D eigenvalue weighted by atomic mass is 10.1. The fourth-order valence-electron chi connectivity index (χ4n) is 5.06. The highest BCUT2D eigenvalue weighted by Crippen LogP contribution is 2.47. The Morgan fingerprint density at radius 3 is 2.74 bits per heavy atom. The van der Waals surface area contributed by atoms with Gasteiger partial charge in [0.1, 0.15) is 17.8 Å². The van der Waals surface area contributed by atoms with E-state index in [1.165, 1.54) is 10.0 Å². The first kappa shape index (κ1) is 24.1. The number of ether oxygens (including phenoxy) is 1. The average molecular weight is 500 g/mol. The Morgan fingerprint density at radius 2 is 1.97 bits per heavy atom. The lowest BCUT2D eigenvalue weighted by Crippen LogP contribution is -2.60. The van der Waals surface area contributed by atoms with Crippen molar-refractivity contribution in [3.63, 3.8) is 0 Å². The number of hydrogen-bond donors (Lipinski definition) is 2. The van der Waals surface area contributed by atoms with Crippen LogP contribution in [0.15, 0.2) is 59.9 Å². The zero-order chi connectivity index (χ0) is 24.3. The predicted molar refractivity (Wildman–Crippen MR) is 133 cm³/mol. The van der Waals surface area contributed by atoms with Crippen LogP contribution in [0.2, 0.25) is 0 Å². The standard InChI is InChI=1S/C25H33N5O4S/c31-18-16-29(17-19-34-21-6-2-1-3-7-21)35(32,33)30-15-14-28(20-25(30)10-11-25)23-8-4-5-12-26-24-22(23)9-13-27-24/h1-3,5-7,9,12-13,31H,4,8,10-11,14-20H2,(H,26,27). The maximum atomic E-state index is 13.7. The Morgan fingerprint density at radius 1 is 1.14 bits per heavy atom. The van der Waals surface area contributed by atoms with Crippen LogP contribution in [0.3, 0.4) is 0 Å². The van der Waals surface area contributed by atoms with Crippen molar-refractivity contribution in [2.45, 2.75) is 31.2 Å². The maximum Gasteiger partial charge on any atom is 0.282 e. The summed E-state index contributed by atoms with van der Waals surface area (Å²) in [5.74, 6) is 0.697. The van der Waals surface area contributed by atoms with Gasteiger partial charge in [-0.2, -0.15) is 17.0 Å². The summed E-state index contributed by atoms with van der Waals surface area (Å²) in [6, 6.07) is 11.4. The number of benzene rings is 1. The number of aromatic nitrogens is 1. The van der Waals surface area contributed by atoms with Gasteiger partial charge in [-0.15, -0.1) is 0 Å². The molecule has 1 saturated carbocycles. The molecule has 1 aromatic carbocycles. The van der Waals surface area contributed by atoms with Gasteiger partial charge in [-0.05, 0) is 43.9 Å². The van der Waals surface area contributed by atoms with Gasteiger partial charge in [-0.1, -0.05) is 24.3 Å². The lowest BCUT2D eigenvalue weighted by molar-refractivity contribution is 0.148. The molecule has 0 bridgehead atoms. The first-order valence-corrected chi connectivity index (χ1v) is 13.6. The van der Waals surface area contributed by atoms with Gasteiger partial charge in [-0.25, -0.2) is 4.99 Å². The summed E-state index contributed by atoms with van der Waals surface area (Å²) in [5.41, 5.74) is 1.67. The van der Waals surface area contributed by atoms with Crippen molar-refractivity contribution in [2.24, 2.45) is 4.99 Å². The van der Waals surface area contributed by atoms with Crippen LogP contribution in [0, 0.1) is 0 Å². The molecule has 1 aliphatic carbocycles. The van der Waals surface area contributed by atoms with Gasteiger partial charge in [0.05, 0.1) is 12.1 Å². The Bertz CT molecular complexity index is 1270. The van der Waals surface area contributed by atoms with E-state index < -0.39 is 15.7 Å². The van der Waals surface area contributed by atoms with E-state index in [1.54, 1.807) is 4.31 Å². The topological polar surface area (TPSA) is 101 Å². The van der Waals surface area contributed by atoms with Gasteiger partial charge in [0, 0.05) is 56.0 Å². The van der Waals surface area contributed by atoms with E-state index in [1.807, 2.05) is 42.7 Å². The molecule has 2 aliphatic heterocycles. The van der Waals surface area contributed by atoms with E-state index in [-0.39, 0.29) is 26.3 Å². The van der Waals surface area contributed by atoms with E-state index in [0.29, 0.717) is 25.4 Å². The molecule has 10 heteroatoms. The molecule has 2 fully saturated rings. The fourth-order valence-corrected chi connectivity index (χ4v) is 7.00. The third-order valence-corrected chi connectivity index (χ3v) is 9.14. The molecule has 9 nitrogen and oxygen atoms in total. The second-order valence-corrected chi connectivity index (χ2v) is 11.1. The molecule has 0 atom stereocenters. The number of piperazine rings is 1. The zero-order valence-electron chi connectivity index (χ0n) is 19.8. The average Bonchev–Trinajstić information content (AvgIpc) is 3.45. The van der Waals surface area contributed by atoms with Crippen LogP contribution < -0.4 is 15.4 Å². The minimum Gasteiger partial charge on any atom is -0.492 e. The summed E-state index contributed by atoms with van der Waals surface area (Å²) in [7, 11) is -3.75. The highest BCUT2D eigenvalue weighted by atomic mass is 32.2. The van der Waals surface area contributed by atoms with E-state index in [9.17, 15) is 13.5 Å². The van der Waals surface area contributed by atoms with Gasteiger partial charge in [0.2, 0.25) is 0 Å². The monoisotopic (exact) mass is 499 g/mol. The Hall–Kier alpha value is -2.66. The fraction of sp³-hybridized carbons (Fsp3) is 0.480. The van der Waals surface area contributed by atoms with Crippen LogP contribution in [0.5, 0.6) is 5.75 Å². The van der Waals surface area contributed by atoms with E-state index in [2.05, 4.69) is 27.0 Å². The Kier molecular flexibility index (Phi) is 6.97. The number of nitrogens with zero attached hydrogens (tertiary/aromatic N) is 4. The van der Waals surface area contributed by atoms with Crippen LogP contribution in [0.25, 0.3) is 5.70 Å². The second kappa shape index (κ2) is 10.1. The molecule has 5 rings (SSSR count). The van der Waals surface area contributed by atoms with E-state index in [4.69, 9.17) is 4.74 Å². The number of hydrogen-bond acceptors (Lipinski definition) is 6. The molecule has 0 radical (unpaired) electrons. The first-order valence-electron chi connectivity index (χ1n) is 12.2. The Labute approximate surface area is 206 Å². The molecule has 3 heterocycles. The van der Waals surface area contributed by atoms with Gasteiger partial charge in [0.15, 0.2) is 0 Å². The summed E-state index contributed by atoms with van der Waals surface area (Å²) in [6.45, 7) is 1.94. The van der Waals surface area contributed by atoms with Crippen molar-refractivity contribution in [1.29, 1.82) is 0 Å².